The second-order valence-electron chi connectivity index (χ2n) is 16.4. The van der Waals surface area contributed by atoms with E-state index >= 15 is 0 Å². The Hall–Kier alpha value is -5.54. The standard InChI is InChI=1S/C22H28N4O4.C22H26N4O3/c1-12-10-16(8-9-29-12)23-17-5-4-15(21-13(2)26-30-14(21)3)11-19(17)25-22(28)18-6-7-20(27)24-18;1-12-10-16(8-9-28-12)26-19-6-4-15(21-13(2)25-29-14(21)3)11-18(19)24-22(26)17-5-7-20(27)23-17/h4-5,11-12,16,18,23H,6-10H2,1-3H3,(H,24,27)(H,25,28);4,6,11-12,16-17H,5,7-10H2,1-3H3,(H,23,27)/t12?,16?,18-;12?,16?,17-/m00/s1. The number of aromatic nitrogens is 4. The Kier molecular flexibility index (Phi) is 11.6. The van der Waals surface area contributed by atoms with Gasteiger partial charge in [0.2, 0.25) is 17.7 Å². The molecule has 15 nitrogen and oxygen atoms in total. The highest BCUT2D eigenvalue weighted by molar-refractivity contribution is 6.01. The number of nitrogens with one attached hydrogen (secondary N) is 4. The van der Waals surface area contributed by atoms with E-state index < -0.39 is 6.04 Å². The van der Waals surface area contributed by atoms with E-state index in [-0.39, 0.29) is 42.0 Å². The number of aryl methyl sites for hydroxylation is 4. The van der Waals surface area contributed by atoms with Gasteiger partial charge < -0.3 is 44.4 Å². The van der Waals surface area contributed by atoms with Crippen LogP contribution in [0.15, 0.2) is 45.4 Å². The molecule has 312 valence electrons. The smallest absolute Gasteiger partial charge is 0.247 e. The van der Waals surface area contributed by atoms with Gasteiger partial charge in [-0.15, -0.1) is 0 Å². The second kappa shape index (κ2) is 17.0. The fourth-order valence-corrected chi connectivity index (χ4v) is 9.02. The number of carbonyl (C=O) groups excluding carboxylic acids is 3. The van der Waals surface area contributed by atoms with Crippen molar-refractivity contribution in [2.24, 2.45) is 0 Å². The molecule has 5 aromatic rings. The lowest BCUT2D eigenvalue weighted by Crippen LogP contribution is -2.37. The molecule has 0 aliphatic carbocycles. The van der Waals surface area contributed by atoms with E-state index in [0.29, 0.717) is 37.6 Å². The van der Waals surface area contributed by atoms with Crippen LogP contribution in [0.4, 0.5) is 11.4 Å². The van der Waals surface area contributed by atoms with Gasteiger partial charge in [-0.05, 0) is 115 Å². The molecule has 4 aliphatic rings. The highest BCUT2D eigenvalue weighted by Gasteiger charge is 2.33. The lowest BCUT2D eigenvalue weighted by atomic mass is 10.0. The lowest BCUT2D eigenvalue weighted by Gasteiger charge is -2.30. The quantitative estimate of drug-likeness (QED) is 0.125. The SMILES string of the molecule is Cc1noc(C)c1-c1ccc(NC2CCOC(C)C2)c(NC(=O)[C@@H]2CCC(=O)N2)c1.Cc1noc(C)c1-c1ccc2c(c1)nc([C@@H]1CCC(=O)N1)n2C1CCOC(C)C1. The van der Waals surface area contributed by atoms with Crippen LogP contribution in [0.3, 0.4) is 0 Å². The van der Waals surface area contributed by atoms with Crippen molar-refractivity contribution < 1.29 is 32.9 Å². The fourth-order valence-electron chi connectivity index (χ4n) is 9.02. The molecule has 0 spiro atoms. The van der Waals surface area contributed by atoms with Gasteiger partial charge in [0.1, 0.15) is 23.4 Å². The minimum atomic E-state index is -0.504. The van der Waals surface area contributed by atoms with E-state index in [1.165, 1.54) is 0 Å². The molecule has 4 fully saturated rings. The first-order valence-corrected chi connectivity index (χ1v) is 20.8. The third kappa shape index (κ3) is 8.62. The van der Waals surface area contributed by atoms with Crippen LogP contribution >= 0.6 is 0 Å². The molecular weight excluding hydrogens is 753 g/mol. The molecule has 6 atom stereocenters. The van der Waals surface area contributed by atoms with Crippen LogP contribution in [0.5, 0.6) is 0 Å². The Morgan fingerprint density at radius 3 is 2.02 bits per heavy atom. The summed E-state index contributed by atoms with van der Waals surface area (Å²) >= 11 is 0. The largest absolute Gasteiger partial charge is 0.380 e. The summed E-state index contributed by atoms with van der Waals surface area (Å²) in [6.45, 7) is 13.3. The minimum absolute atomic E-state index is 0.0319. The van der Waals surface area contributed by atoms with Crippen LogP contribution in [0.25, 0.3) is 33.3 Å². The summed E-state index contributed by atoms with van der Waals surface area (Å²) in [4.78, 5) is 41.2. The first-order chi connectivity index (χ1) is 28.4. The van der Waals surface area contributed by atoms with Crippen molar-refractivity contribution in [1.82, 2.24) is 30.5 Å². The lowest BCUT2D eigenvalue weighted by molar-refractivity contribution is -0.122. The Labute approximate surface area is 343 Å². The zero-order valence-electron chi connectivity index (χ0n) is 34.6. The van der Waals surface area contributed by atoms with Crippen molar-refractivity contribution >= 4 is 40.1 Å². The number of carbonyl (C=O) groups is 3. The van der Waals surface area contributed by atoms with E-state index in [1.807, 2.05) is 45.9 Å². The molecular formula is C44H54N8O7. The van der Waals surface area contributed by atoms with Crippen molar-refractivity contribution in [3.05, 3.63) is 65.1 Å². The first kappa shape index (κ1) is 40.2. The monoisotopic (exact) mass is 806 g/mol. The van der Waals surface area contributed by atoms with Gasteiger partial charge in [-0.1, -0.05) is 22.4 Å². The summed E-state index contributed by atoms with van der Waals surface area (Å²) in [5.74, 6) is 2.30. The third-order valence-corrected chi connectivity index (χ3v) is 11.9. The predicted octanol–water partition coefficient (Wildman–Crippen LogP) is 7.15. The van der Waals surface area contributed by atoms with Crippen molar-refractivity contribution in [3.63, 3.8) is 0 Å². The zero-order chi connectivity index (χ0) is 41.4. The summed E-state index contributed by atoms with van der Waals surface area (Å²) < 4.78 is 24.4. The van der Waals surface area contributed by atoms with Crippen LogP contribution in [0.2, 0.25) is 0 Å². The number of imidazole rings is 1. The average molecular weight is 807 g/mol. The van der Waals surface area contributed by atoms with Gasteiger partial charge in [0.05, 0.1) is 52.0 Å². The Balaban J connectivity index is 0.000000164. The van der Waals surface area contributed by atoms with E-state index in [9.17, 15) is 14.4 Å². The number of anilines is 2. The van der Waals surface area contributed by atoms with Gasteiger partial charge >= 0.3 is 0 Å². The maximum atomic E-state index is 12.8. The van der Waals surface area contributed by atoms with Crippen LogP contribution in [0.1, 0.15) is 106 Å². The van der Waals surface area contributed by atoms with Crippen molar-refractivity contribution in [2.45, 2.75) is 129 Å². The highest BCUT2D eigenvalue weighted by Crippen LogP contribution is 2.38. The van der Waals surface area contributed by atoms with Crippen LogP contribution in [0, 0.1) is 27.7 Å². The molecule has 9 rings (SSSR count). The Bertz CT molecular complexity index is 2320. The van der Waals surface area contributed by atoms with Crippen molar-refractivity contribution in [2.75, 3.05) is 23.8 Å². The topological polar surface area (TPSA) is 188 Å². The highest BCUT2D eigenvalue weighted by atomic mass is 16.5. The maximum Gasteiger partial charge on any atom is 0.247 e. The van der Waals surface area contributed by atoms with Crippen molar-refractivity contribution in [1.29, 1.82) is 0 Å². The van der Waals surface area contributed by atoms with Gasteiger partial charge in [-0.3, -0.25) is 14.4 Å². The molecule has 0 bridgehead atoms. The molecule has 4 aliphatic heterocycles. The Morgan fingerprint density at radius 1 is 0.763 bits per heavy atom. The normalized spacial score (nSPS) is 24.4. The third-order valence-electron chi connectivity index (χ3n) is 11.9. The molecule has 4 unspecified atom stereocenters. The molecule has 7 heterocycles. The molecule has 2 aromatic carbocycles. The number of ether oxygens (including phenoxy) is 2. The zero-order valence-corrected chi connectivity index (χ0v) is 34.6. The number of hydrogen-bond acceptors (Lipinski definition) is 11. The van der Waals surface area contributed by atoms with Gasteiger partial charge in [0.15, 0.2) is 0 Å². The van der Waals surface area contributed by atoms with Crippen molar-refractivity contribution in [3.8, 4) is 22.3 Å². The van der Waals surface area contributed by atoms with Gasteiger partial charge in [-0.25, -0.2) is 4.98 Å². The molecule has 3 aromatic heterocycles. The van der Waals surface area contributed by atoms with Crippen LogP contribution in [-0.4, -0.2) is 75.1 Å². The van der Waals surface area contributed by atoms with Crippen LogP contribution < -0.4 is 21.3 Å². The second-order valence-corrected chi connectivity index (χ2v) is 16.4. The number of rotatable bonds is 8. The van der Waals surface area contributed by atoms with E-state index in [2.05, 4.69) is 68.2 Å². The van der Waals surface area contributed by atoms with Gasteiger partial charge in [0.25, 0.3) is 0 Å². The van der Waals surface area contributed by atoms with Gasteiger partial charge in [0, 0.05) is 49.3 Å². The molecule has 4 saturated heterocycles. The van der Waals surface area contributed by atoms with E-state index in [4.69, 9.17) is 23.5 Å². The maximum absolute atomic E-state index is 12.8. The average Bonchev–Trinajstić information content (AvgIpc) is 4.05. The molecule has 0 radical (unpaired) electrons. The minimum Gasteiger partial charge on any atom is -0.380 e. The number of benzene rings is 2. The summed E-state index contributed by atoms with van der Waals surface area (Å²) in [5.41, 5.74) is 9.18. The molecule has 0 saturated carbocycles. The predicted molar refractivity (Wildman–Crippen MR) is 222 cm³/mol. The molecule has 3 amide bonds. The molecule has 15 heteroatoms. The molecule has 4 N–H and O–H groups in total. The molecule has 59 heavy (non-hydrogen) atoms. The summed E-state index contributed by atoms with van der Waals surface area (Å²) in [6, 6.07) is 12.3. The number of fused-ring (bicyclic) bond motifs is 1. The Morgan fingerprint density at radius 2 is 1.41 bits per heavy atom. The number of hydrogen-bond donors (Lipinski definition) is 4. The summed E-state index contributed by atoms with van der Waals surface area (Å²) in [5, 5.41) is 20.5. The van der Waals surface area contributed by atoms with E-state index in [1.54, 1.807) is 0 Å². The first-order valence-electron chi connectivity index (χ1n) is 20.8. The summed E-state index contributed by atoms with van der Waals surface area (Å²) in [6.07, 6.45) is 6.36. The van der Waals surface area contributed by atoms with E-state index in [0.717, 1.165) is 106 Å². The number of nitrogens with zero attached hydrogens (tertiary/aromatic N) is 4. The fraction of sp³-hybridized carbons (Fsp3) is 0.500. The van der Waals surface area contributed by atoms with Gasteiger partial charge in [-0.2, -0.15) is 0 Å². The summed E-state index contributed by atoms with van der Waals surface area (Å²) in [7, 11) is 0. The number of amides is 3. The van der Waals surface area contributed by atoms with Crippen LogP contribution in [-0.2, 0) is 23.9 Å².